The number of amides is 3. The summed E-state index contributed by atoms with van der Waals surface area (Å²) < 4.78 is 33.5. The maximum Gasteiger partial charge on any atom is 0.490 e. The first-order chi connectivity index (χ1) is 18.3. The molecule has 1 spiro atoms. The van der Waals surface area contributed by atoms with E-state index in [0.717, 1.165) is 24.4 Å². The first-order valence-electron chi connectivity index (χ1n) is 12.5. The summed E-state index contributed by atoms with van der Waals surface area (Å²) in [5.41, 5.74) is 1.47. The van der Waals surface area contributed by atoms with Gasteiger partial charge in [0.25, 0.3) is 11.5 Å². The van der Waals surface area contributed by atoms with Crippen molar-refractivity contribution in [2.24, 2.45) is 0 Å². The number of carboxylic acids is 1. The number of fused-ring (bicyclic) bond motifs is 3. The topological polar surface area (TPSA) is 138 Å². The SMILES string of the molecule is CC(C)NC(=O)N1CCC2(CCn3c2nc2c(c3=O)CN(C(=O)c3ccccn3)CC2)C1.O=C(O)C(F)(F)F. The van der Waals surface area contributed by atoms with Crippen molar-refractivity contribution in [3.8, 4) is 0 Å². The van der Waals surface area contributed by atoms with Crippen LogP contribution < -0.4 is 10.9 Å². The Hall–Kier alpha value is -3.97. The molecule has 5 rings (SSSR count). The first-order valence-corrected chi connectivity index (χ1v) is 12.5. The smallest absolute Gasteiger partial charge is 0.475 e. The number of halogens is 3. The summed E-state index contributed by atoms with van der Waals surface area (Å²) in [6.07, 6.45) is -1.32. The van der Waals surface area contributed by atoms with Crippen LogP contribution in [0.2, 0.25) is 0 Å². The van der Waals surface area contributed by atoms with Crippen LogP contribution >= 0.6 is 0 Å². The number of carboxylic acid groups (broad SMARTS) is 1. The molecule has 11 nitrogen and oxygen atoms in total. The summed E-state index contributed by atoms with van der Waals surface area (Å²) in [5.74, 6) is -2.11. The fourth-order valence-electron chi connectivity index (χ4n) is 5.16. The van der Waals surface area contributed by atoms with E-state index in [4.69, 9.17) is 14.9 Å². The number of nitrogens with one attached hydrogen (secondary N) is 1. The van der Waals surface area contributed by atoms with Crippen molar-refractivity contribution in [3.63, 3.8) is 0 Å². The van der Waals surface area contributed by atoms with Crippen molar-refractivity contribution in [1.82, 2.24) is 29.7 Å². The molecule has 1 unspecified atom stereocenters. The van der Waals surface area contributed by atoms with Gasteiger partial charge in [-0.1, -0.05) is 6.07 Å². The highest BCUT2D eigenvalue weighted by Gasteiger charge is 2.48. The van der Waals surface area contributed by atoms with Crippen LogP contribution in [-0.2, 0) is 29.7 Å². The molecule has 2 aromatic rings. The number of urea groups is 1. The number of nitrogens with zero attached hydrogens (tertiary/aromatic N) is 5. The van der Waals surface area contributed by atoms with Crippen molar-refractivity contribution in [3.05, 3.63) is 57.5 Å². The minimum absolute atomic E-state index is 0.0505. The molecule has 210 valence electrons. The fraction of sp³-hybridized carbons (Fsp3) is 0.520. The molecule has 3 aliphatic heterocycles. The number of pyridine rings is 1. The highest BCUT2D eigenvalue weighted by atomic mass is 19.4. The Kier molecular flexibility index (Phi) is 7.66. The zero-order valence-corrected chi connectivity index (χ0v) is 21.5. The number of aromatic nitrogens is 3. The molecular formula is C25H29F3N6O5. The largest absolute Gasteiger partial charge is 0.490 e. The van der Waals surface area contributed by atoms with Crippen LogP contribution in [0.15, 0.2) is 29.2 Å². The van der Waals surface area contributed by atoms with E-state index in [1.165, 1.54) is 0 Å². The molecule has 0 radical (unpaired) electrons. The molecule has 0 bridgehead atoms. The Morgan fingerprint density at radius 2 is 1.79 bits per heavy atom. The van der Waals surface area contributed by atoms with Crippen LogP contribution in [0, 0.1) is 0 Å². The van der Waals surface area contributed by atoms with Crippen LogP contribution in [0.5, 0.6) is 0 Å². The molecule has 1 saturated heterocycles. The molecule has 1 atom stereocenters. The van der Waals surface area contributed by atoms with E-state index < -0.39 is 12.1 Å². The summed E-state index contributed by atoms with van der Waals surface area (Å²) in [5, 5.41) is 10.1. The molecular weight excluding hydrogens is 521 g/mol. The summed E-state index contributed by atoms with van der Waals surface area (Å²) in [4.78, 5) is 60.2. The van der Waals surface area contributed by atoms with Crippen molar-refractivity contribution in [1.29, 1.82) is 0 Å². The van der Waals surface area contributed by atoms with E-state index in [0.29, 0.717) is 43.9 Å². The van der Waals surface area contributed by atoms with E-state index in [-0.39, 0.29) is 35.5 Å². The second-order valence-electron chi connectivity index (χ2n) is 10.1. The van der Waals surface area contributed by atoms with E-state index in [1.807, 2.05) is 18.7 Å². The highest BCUT2D eigenvalue weighted by Crippen LogP contribution is 2.41. The summed E-state index contributed by atoms with van der Waals surface area (Å²) in [6.45, 7) is 6.51. The van der Waals surface area contributed by atoms with Crippen molar-refractivity contribution in [2.75, 3.05) is 19.6 Å². The second-order valence-corrected chi connectivity index (χ2v) is 10.1. The van der Waals surface area contributed by atoms with E-state index >= 15 is 0 Å². The number of hydrogen-bond donors (Lipinski definition) is 2. The van der Waals surface area contributed by atoms with Crippen LogP contribution in [0.3, 0.4) is 0 Å². The monoisotopic (exact) mass is 550 g/mol. The molecule has 1 fully saturated rings. The molecule has 0 aliphatic carbocycles. The Morgan fingerprint density at radius 3 is 2.41 bits per heavy atom. The Bertz CT molecular complexity index is 1330. The number of carbonyl (C=O) groups excluding carboxylic acids is 2. The number of carbonyl (C=O) groups is 3. The summed E-state index contributed by atoms with van der Waals surface area (Å²) in [7, 11) is 0. The van der Waals surface area contributed by atoms with Gasteiger partial charge < -0.3 is 20.2 Å². The third-order valence-corrected chi connectivity index (χ3v) is 7.07. The molecule has 14 heteroatoms. The maximum absolute atomic E-state index is 13.4. The Labute approximate surface area is 221 Å². The van der Waals surface area contributed by atoms with Gasteiger partial charge in [-0.3, -0.25) is 19.1 Å². The number of aliphatic carboxylic acids is 1. The number of rotatable bonds is 2. The lowest BCUT2D eigenvalue weighted by Gasteiger charge is -2.29. The van der Waals surface area contributed by atoms with Gasteiger partial charge in [0, 0.05) is 50.3 Å². The van der Waals surface area contributed by atoms with Crippen LogP contribution in [-0.4, -0.2) is 79.2 Å². The van der Waals surface area contributed by atoms with Crippen molar-refractivity contribution in [2.45, 2.75) is 63.8 Å². The van der Waals surface area contributed by atoms with E-state index in [9.17, 15) is 27.6 Å². The van der Waals surface area contributed by atoms with Gasteiger partial charge in [-0.05, 0) is 38.8 Å². The standard InChI is InChI=1S/C23H28N6O3.C2HF3O2/c1-15(2)25-22(32)28-11-7-23(14-28)8-12-29-19(30)16-13-27(10-6-17(16)26-21(23)29)20(31)18-5-3-4-9-24-18;3-2(4,5)1(6)7/h3-5,9,15H,6-8,10-14H2,1-2H3,(H,25,32);(H,6,7). The lowest BCUT2D eigenvalue weighted by molar-refractivity contribution is -0.192. The zero-order chi connectivity index (χ0) is 28.5. The van der Waals surface area contributed by atoms with E-state index in [1.54, 1.807) is 33.9 Å². The van der Waals surface area contributed by atoms with Crippen LogP contribution in [0.4, 0.5) is 18.0 Å². The normalized spacial score (nSPS) is 19.8. The number of hydrogen-bond acceptors (Lipinski definition) is 6. The molecule has 3 aliphatic rings. The summed E-state index contributed by atoms with van der Waals surface area (Å²) in [6, 6.07) is 5.27. The van der Waals surface area contributed by atoms with Crippen LogP contribution in [0.1, 0.15) is 54.3 Å². The molecule has 0 saturated carbocycles. The Balaban J connectivity index is 0.000000448. The Morgan fingerprint density at radius 1 is 1.10 bits per heavy atom. The second kappa shape index (κ2) is 10.7. The zero-order valence-electron chi connectivity index (χ0n) is 21.5. The minimum atomic E-state index is -5.08. The first kappa shape index (κ1) is 28.0. The lowest BCUT2D eigenvalue weighted by Crippen LogP contribution is -2.44. The van der Waals surface area contributed by atoms with Gasteiger partial charge in [-0.2, -0.15) is 13.2 Å². The number of likely N-dealkylation sites (tertiary alicyclic amines) is 1. The minimum Gasteiger partial charge on any atom is -0.475 e. The average Bonchev–Trinajstić information content (AvgIpc) is 3.48. The third-order valence-electron chi connectivity index (χ3n) is 7.07. The number of alkyl halides is 3. The molecule has 2 N–H and O–H groups in total. The highest BCUT2D eigenvalue weighted by molar-refractivity contribution is 5.92. The molecule has 3 amide bonds. The van der Waals surface area contributed by atoms with Crippen LogP contribution in [0.25, 0.3) is 0 Å². The van der Waals surface area contributed by atoms with Gasteiger partial charge >= 0.3 is 18.2 Å². The fourth-order valence-corrected chi connectivity index (χ4v) is 5.16. The predicted molar refractivity (Wildman–Crippen MR) is 131 cm³/mol. The maximum atomic E-state index is 13.4. The van der Waals surface area contributed by atoms with Gasteiger partial charge in [0.1, 0.15) is 11.5 Å². The molecule has 39 heavy (non-hydrogen) atoms. The van der Waals surface area contributed by atoms with E-state index in [2.05, 4.69) is 10.3 Å². The van der Waals surface area contributed by atoms with Gasteiger partial charge in [0.15, 0.2) is 0 Å². The quantitative estimate of drug-likeness (QED) is 0.583. The molecule has 2 aromatic heterocycles. The van der Waals surface area contributed by atoms with Gasteiger partial charge in [0.2, 0.25) is 0 Å². The summed E-state index contributed by atoms with van der Waals surface area (Å²) >= 11 is 0. The van der Waals surface area contributed by atoms with Crippen molar-refractivity contribution >= 4 is 17.9 Å². The van der Waals surface area contributed by atoms with Gasteiger partial charge in [-0.15, -0.1) is 0 Å². The molecule has 0 aromatic carbocycles. The molecule has 5 heterocycles. The average molecular weight is 551 g/mol. The van der Waals surface area contributed by atoms with Gasteiger partial charge in [-0.25, -0.2) is 14.6 Å². The lowest BCUT2D eigenvalue weighted by atomic mass is 9.85. The van der Waals surface area contributed by atoms with Crippen molar-refractivity contribution < 1.29 is 32.7 Å². The van der Waals surface area contributed by atoms with Gasteiger partial charge in [0.05, 0.1) is 17.8 Å². The third kappa shape index (κ3) is 5.73. The predicted octanol–water partition coefficient (Wildman–Crippen LogP) is 1.94.